The number of carbonyl (C=O) groups excluding carboxylic acids is 2. The maximum absolute atomic E-state index is 12.8. The number of imidazole rings is 1. The van der Waals surface area contributed by atoms with Gasteiger partial charge in [0.25, 0.3) is 11.5 Å². The lowest BCUT2D eigenvalue weighted by Crippen LogP contribution is -2.51. The molecule has 0 N–H and O–H groups in total. The molecule has 0 aromatic carbocycles. The van der Waals surface area contributed by atoms with Gasteiger partial charge in [-0.3, -0.25) is 23.5 Å². The van der Waals surface area contributed by atoms with Crippen LogP contribution < -0.4 is 11.2 Å². The SMILES string of the molecule is CCn1c(SCC(=O)N2CCN(C(=O)c3ccco3)CC2)nc2c1c(=O)n(C)c(=O)n2C. The van der Waals surface area contributed by atoms with Gasteiger partial charge in [0, 0.05) is 46.8 Å². The van der Waals surface area contributed by atoms with Crippen LogP contribution in [0, 0.1) is 0 Å². The van der Waals surface area contributed by atoms with E-state index in [1.54, 1.807) is 33.5 Å². The van der Waals surface area contributed by atoms with Crippen molar-refractivity contribution in [3.8, 4) is 0 Å². The number of thioether (sulfide) groups is 1. The highest BCUT2D eigenvalue weighted by molar-refractivity contribution is 7.99. The van der Waals surface area contributed by atoms with Crippen LogP contribution in [-0.2, 0) is 25.4 Å². The van der Waals surface area contributed by atoms with Crippen molar-refractivity contribution in [3.63, 3.8) is 0 Å². The van der Waals surface area contributed by atoms with Gasteiger partial charge in [0.2, 0.25) is 5.91 Å². The van der Waals surface area contributed by atoms with Crippen LogP contribution in [0.4, 0.5) is 0 Å². The van der Waals surface area contributed by atoms with Gasteiger partial charge >= 0.3 is 5.69 Å². The first-order chi connectivity index (χ1) is 15.3. The first-order valence-corrected chi connectivity index (χ1v) is 11.2. The normalized spacial score (nSPS) is 14.3. The van der Waals surface area contributed by atoms with Crippen LogP contribution in [0.2, 0.25) is 0 Å². The molecule has 4 rings (SSSR count). The molecule has 3 aromatic rings. The van der Waals surface area contributed by atoms with Crippen molar-refractivity contribution >= 4 is 34.7 Å². The van der Waals surface area contributed by atoms with E-state index in [2.05, 4.69) is 4.98 Å². The Morgan fingerprint density at radius 3 is 2.41 bits per heavy atom. The predicted octanol–water partition coefficient (Wildman–Crippen LogP) is 0.123. The zero-order valence-electron chi connectivity index (χ0n) is 18.1. The monoisotopic (exact) mass is 460 g/mol. The van der Waals surface area contributed by atoms with Gasteiger partial charge in [-0.1, -0.05) is 11.8 Å². The molecule has 32 heavy (non-hydrogen) atoms. The average molecular weight is 461 g/mol. The second-order valence-electron chi connectivity index (χ2n) is 7.46. The maximum atomic E-state index is 12.8. The lowest BCUT2D eigenvalue weighted by Gasteiger charge is -2.34. The summed E-state index contributed by atoms with van der Waals surface area (Å²) in [6.45, 7) is 4.10. The zero-order chi connectivity index (χ0) is 23.0. The minimum atomic E-state index is -0.446. The van der Waals surface area contributed by atoms with E-state index in [0.717, 1.165) is 4.57 Å². The molecule has 170 valence electrons. The van der Waals surface area contributed by atoms with Gasteiger partial charge in [-0.2, -0.15) is 0 Å². The molecule has 0 spiro atoms. The molecule has 2 amide bonds. The largest absolute Gasteiger partial charge is 0.459 e. The maximum Gasteiger partial charge on any atom is 0.332 e. The first kappa shape index (κ1) is 21.9. The average Bonchev–Trinajstić information content (AvgIpc) is 3.47. The lowest BCUT2D eigenvalue weighted by molar-refractivity contribution is -0.129. The van der Waals surface area contributed by atoms with Gasteiger partial charge in [0.1, 0.15) is 0 Å². The summed E-state index contributed by atoms with van der Waals surface area (Å²) in [6, 6.07) is 3.29. The molecule has 12 heteroatoms. The number of aryl methyl sites for hydroxylation is 2. The third-order valence-corrected chi connectivity index (χ3v) is 6.57. The molecule has 0 atom stereocenters. The number of furan rings is 1. The smallest absolute Gasteiger partial charge is 0.332 e. The van der Waals surface area contributed by atoms with Crippen molar-refractivity contribution < 1.29 is 14.0 Å². The van der Waals surface area contributed by atoms with Gasteiger partial charge in [-0.05, 0) is 19.1 Å². The van der Waals surface area contributed by atoms with E-state index < -0.39 is 11.2 Å². The van der Waals surface area contributed by atoms with Crippen molar-refractivity contribution in [2.45, 2.75) is 18.6 Å². The molecule has 4 heterocycles. The fraction of sp³-hybridized carbons (Fsp3) is 0.450. The molecule has 3 aromatic heterocycles. The Bertz CT molecular complexity index is 1280. The van der Waals surface area contributed by atoms with E-state index in [-0.39, 0.29) is 17.6 Å². The molecule has 1 fully saturated rings. The number of amides is 2. The summed E-state index contributed by atoms with van der Waals surface area (Å²) >= 11 is 1.23. The molecule has 0 radical (unpaired) electrons. The number of nitrogens with zero attached hydrogens (tertiary/aromatic N) is 6. The molecule has 0 aliphatic carbocycles. The number of hydrogen-bond donors (Lipinski definition) is 0. The summed E-state index contributed by atoms with van der Waals surface area (Å²) in [5, 5.41) is 0.515. The molecule has 1 saturated heterocycles. The number of rotatable bonds is 5. The van der Waals surface area contributed by atoms with Crippen LogP contribution in [0.1, 0.15) is 17.5 Å². The Kier molecular flexibility index (Phi) is 5.96. The van der Waals surface area contributed by atoms with Crippen LogP contribution in [0.3, 0.4) is 0 Å². The summed E-state index contributed by atoms with van der Waals surface area (Å²) in [5.74, 6) is 0.181. The zero-order valence-corrected chi connectivity index (χ0v) is 18.9. The Morgan fingerprint density at radius 2 is 1.78 bits per heavy atom. The second kappa shape index (κ2) is 8.69. The van der Waals surface area contributed by atoms with E-state index in [4.69, 9.17) is 4.42 Å². The topological polar surface area (TPSA) is 116 Å². The molecule has 1 aliphatic heterocycles. The predicted molar refractivity (Wildman–Crippen MR) is 118 cm³/mol. The number of fused-ring (bicyclic) bond motifs is 1. The standard InChI is InChI=1S/C20H24N6O5S/c1-4-26-15-16(22(2)20(30)23(3)18(15)29)21-19(26)32-12-14(27)24-7-9-25(10-8-24)17(28)13-6-5-11-31-13/h5-6,11H,4,7-10,12H2,1-3H3. The van der Waals surface area contributed by atoms with Gasteiger partial charge in [0.15, 0.2) is 22.1 Å². The lowest BCUT2D eigenvalue weighted by atomic mass is 10.3. The van der Waals surface area contributed by atoms with Crippen molar-refractivity contribution in [2.75, 3.05) is 31.9 Å². The molecule has 0 saturated carbocycles. The van der Waals surface area contributed by atoms with Crippen LogP contribution in [0.15, 0.2) is 37.6 Å². The third kappa shape index (κ3) is 3.74. The minimum Gasteiger partial charge on any atom is -0.459 e. The molecule has 0 unspecified atom stereocenters. The second-order valence-corrected chi connectivity index (χ2v) is 8.40. The van der Waals surface area contributed by atoms with Crippen molar-refractivity contribution in [1.29, 1.82) is 0 Å². The highest BCUT2D eigenvalue weighted by Crippen LogP contribution is 2.22. The van der Waals surface area contributed by atoms with Gasteiger partial charge < -0.3 is 18.8 Å². The fourth-order valence-corrected chi connectivity index (χ4v) is 4.73. The highest BCUT2D eigenvalue weighted by atomic mass is 32.2. The van der Waals surface area contributed by atoms with E-state index >= 15 is 0 Å². The van der Waals surface area contributed by atoms with Crippen molar-refractivity contribution in [2.24, 2.45) is 14.1 Å². The van der Waals surface area contributed by atoms with Crippen molar-refractivity contribution in [3.05, 3.63) is 45.0 Å². The van der Waals surface area contributed by atoms with Gasteiger partial charge in [-0.25, -0.2) is 9.78 Å². The number of hydrogen-bond acceptors (Lipinski definition) is 7. The molecular weight excluding hydrogens is 436 g/mol. The summed E-state index contributed by atoms with van der Waals surface area (Å²) in [7, 11) is 3.00. The summed E-state index contributed by atoms with van der Waals surface area (Å²) in [5.41, 5.74) is -0.206. The Balaban J connectivity index is 1.44. The Morgan fingerprint density at radius 1 is 1.09 bits per heavy atom. The summed E-state index contributed by atoms with van der Waals surface area (Å²) in [6.07, 6.45) is 1.46. The van der Waals surface area contributed by atoms with E-state index in [9.17, 15) is 19.2 Å². The van der Waals surface area contributed by atoms with E-state index in [1.165, 1.54) is 29.6 Å². The quantitative estimate of drug-likeness (QED) is 0.497. The van der Waals surface area contributed by atoms with Crippen molar-refractivity contribution in [1.82, 2.24) is 28.5 Å². The Hall–Kier alpha value is -3.28. The third-order valence-electron chi connectivity index (χ3n) is 5.61. The van der Waals surface area contributed by atoms with E-state index in [1.807, 2.05) is 6.92 Å². The Labute approximate surface area is 187 Å². The number of carbonyl (C=O) groups is 2. The van der Waals surface area contributed by atoms with Crippen LogP contribution in [-0.4, -0.2) is 72.2 Å². The minimum absolute atomic E-state index is 0.0726. The fourth-order valence-electron chi connectivity index (χ4n) is 3.76. The van der Waals surface area contributed by atoms with Gasteiger partial charge in [0.05, 0.1) is 12.0 Å². The molecular formula is C20H24N6O5S. The summed E-state index contributed by atoms with van der Waals surface area (Å²) in [4.78, 5) is 57.8. The van der Waals surface area contributed by atoms with Crippen LogP contribution in [0.25, 0.3) is 11.2 Å². The first-order valence-electron chi connectivity index (χ1n) is 10.2. The van der Waals surface area contributed by atoms with Gasteiger partial charge in [-0.15, -0.1) is 0 Å². The summed E-state index contributed by atoms with van der Waals surface area (Å²) < 4.78 is 9.28. The highest BCUT2D eigenvalue weighted by Gasteiger charge is 2.27. The van der Waals surface area contributed by atoms with Crippen LogP contribution in [0.5, 0.6) is 0 Å². The number of aromatic nitrogens is 4. The molecule has 0 bridgehead atoms. The van der Waals surface area contributed by atoms with Crippen LogP contribution >= 0.6 is 11.8 Å². The molecule has 1 aliphatic rings. The molecule has 11 nitrogen and oxygen atoms in total. The van der Waals surface area contributed by atoms with E-state index in [0.29, 0.717) is 54.8 Å². The number of piperazine rings is 1.